The van der Waals surface area contributed by atoms with E-state index in [-0.39, 0.29) is 11.8 Å². The smallest absolute Gasteiger partial charge is 0.387 e. The molecule has 194 valence electrons. The second-order valence-corrected chi connectivity index (χ2v) is 15.3. The van der Waals surface area contributed by atoms with Crippen LogP contribution in [0.15, 0.2) is 54.7 Å². The number of aromatic nitrogens is 3. The fourth-order valence-corrected chi connectivity index (χ4v) is 6.92. The van der Waals surface area contributed by atoms with Crippen LogP contribution in [0.1, 0.15) is 43.4 Å². The van der Waals surface area contributed by atoms with Gasteiger partial charge in [-0.15, -0.1) is 0 Å². The Morgan fingerprint density at radius 2 is 1.84 bits per heavy atom. The number of imidazole rings is 1. The van der Waals surface area contributed by atoms with Crippen molar-refractivity contribution in [1.29, 1.82) is 0 Å². The number of fused-ring (bicyclic) bond motifs is 3. The molecule has 0 unspecified atom stereocenters. The molecule has 0 aliphatic carbocycles. The van der Waals surface area contributed by atoms with Gasteiger partial charge in [-0.25, -0.2) is 9.37 Å². The highest BCUT2D eigenvalue weighted by Crippen LogP contribution is 2.41. The maximum Gasteiger partial charge on any atom is 0.387 e. The van der Waals surface area contributed by atoms with Gasteiger partial charge in [0.1, 0.15) is 17.4 Å². The number of hydrogen-bond acceptors (Lipinski definition) is 4. The van der Waals surface area contributed by atoms with Gasteiger partial charge in [-0.2, -0.15) is 8.78 Å². The van der Waals surface area contributed by atoms with Crippen molar-refractivity contribution in [3.63, 3.8) is 0 Å². The molecule has 0 amide bonds. The summed E-state index contributed by atoms with van der Waals surface area (Å²) in [7, 11) is -1.80. The van der Waals surface area contributed by atoms with Crippen LogP contribution in [0.4, 0.5) is 13.2 Å². The lowest BCUT2D eigenvalue weighted by Crippen LogP contribution is -2.37. The number of aryl methyl sites for hydroxylation is 1. The molecule has 0 saturated carbocycles. The molecule has 37 heavy (non-hydrogen) atoms. The lowest BCUT2D eigenvalue weighted by Gasteiger charge is -2.32. The van der Waals surface area contributed by atoms with E-state index in [0.29, 0.717) is 35.0 Å². The molecule has 0 fully saturated rings. The summed E-state index contributed by atoms with van der Waals surface area (Å²) in [5.74, 6) is 0.541. The van der Waals surface area contributed by atoms with Crippen molar-refractivity contribution in [3.05, 3.63) is 77.6 Å². The molecule has 0 N–H and O–H groups in total. The third kappa shape index (κ3) is 5.02. The van der Waals surface area contributed by atoms with Gasteiger partial charge in [-0.05, 0) is 58.1 Å². The summed E-state index contributed by atoms with van der Waals surface area (Å²) in [5, 5.41) is 0. The molecule has 1 atom stereocenters. The molecule has 0 radical (unpaired) electrons. The van der Waals surface area contributed by atoms with E-state index in [4.69, 9.17) is 9.16 Å². The molecule has 5 nitrogen and oxygen atoms in total. The van der Waals surface area contributed by atoms with Crippen molar-refractivity contribution in [2.75, 3.05) is 0 Å². The van der Waals surface area contributed by atoms with Crippen LogP contribution in [-0.2, 0) is 16.4 Å². The summed E-state index contributed by atoms with van der Waals surface area (Å²) in [4.78, 5) is 9.26. The molecule has 2 aromatic heterocycles. The fourth-order valence-electron chi connectivity index (χ4n) is 5.29. The minimum Gasteiger partial charge on any atom is -0.434 e. The van der Waals surface area contributed by atoms with E-state index in [1.54, 1.807) is 36.5 Å². The zero-order valence-electron chi connectivity index (χ0n) is 21.6. The number of rotatable bonds is 7. The predicted octanol–water partition coefficient (Wildman–Crippen LogP) is 7.46. The number of hydrogen-bond donors (Lipinski definition) is 0. The van der Waals surface area contributed by atoms with Gasteiger partial charge < -0.3 is 13.7 Å². The number of para-hydroxylation sites is 1. The summed E-state index contributed by atoms with van der Waals surface area (Å²) in [6, 6.07) is 13.5. The number of nitrogens with zero attached hydrogens (tertiary/aromatic N) is 3. The molecule has 1 aliphatic rings. The lowest BCUT2D eigenvalue weighted by atomic mass is 10.0. The average molecular weight is 526 g/mol. The van der Waals surface area contributed by atoms with Gasteiger partial charge in [0.15, 0.2) is 8.32 Å². The topological polar surface area (TPSA) is 49.2 Å². The minimum atomic E-state index is -2.92. The monoisotopic (exact) mass is 525 g/mol. The standard InChI is InChI=1S/C28H30F3N3O2Si/c1-28(2,36-37(3,4)5)25-12-10-17(16-32-25)19-14-23-21(15-20(19)29)33-26-13-11-22(34(23)26)18-8-6-7-9-24(18)35-27(30)31/h6-10,12,14-16,22,27H,11,13H2,1-5H3/t22-/m1/s1. The van der Waals surface area contributed by atoms with Gasteiger partial charge in [0, 0.05) is 35.4 Å². The van der Waals surface area contributed by atoms with Crippen molar-refractivity contribution in [2.24, 2.45) is 0 Å². The maximum atomic E-state index is 15.3. The highest BCUT2D eigenvalue weighted by atomic mass is 28.4. The fraction of sp³-hybridized carbons (Fsp3) is 0.357. The van der Waals surface area contributed by atoms with Crippen LogP contribution in [0.2, 0.25) is 19.6 Å². The van der Waals surface area contributed by atoms with Crippen LogP contribution in [0.5, 0.6) is 5.75 Å². The summed E-state index contributed by atoms with van der Waals surface area (Å²) in [5.41, 5.74) is 3.19. The molecular weight excluding hydrogens is 495 g/mol. The van der Waals surface area contributed by atoms with Crippen LogP contribution >= 0.6 is 0 Å². The molecule has 5 rings (SSSR count). The Labute approximate surface area is 215 Å². The van der Waals surface area contributed by atoms with Gasteiger partial charge in [0.05, 0.1) is 28.4 Å². The summed E-state index contributed by atoms with van der Waals surface area (Å²) in [6.07, 6.45) is 3.01. The Kier molecular flexibility index (Phi) is 6.40. The molecule has 3 heterocycles. The van der Waals surface area contributed by atoms with E-state index in [1.807, 2.05) is 30.5 Å². The van der Waals surface area contributed by atoms with E-state index in [2.05, 4.69) is 29.6 Å². The van der Waals surface area contributed by atoms with Gasteiger partial charge in [-0.1, -0.05) is 24.3 Å². The van der Waals surface area contributed by atoms with E-state index >= 15 is 4.39 Å². The quantitative estimate of drug-likeness (QED) is 0.235. The zero-order chi connectivity index (χ0) is 26.5. The van der Waals surface area contributed by atoms with E-state index in [1.165, 1.54) is 6.07 Å². The number of pyridine rings is 1. The van der Waals surface area contributed by atoms with Crippen LogP contribution in [-0.4, -0.2) is 29.5 Å². The first kappa shape index (κ1) is 25.5. The Hall–Kier alpha value is -3.17. The van der Waals surface area contributed by atoms with Gasteiger partial charge in [-0.3, -0.25) is 4.98 Å². The second-order valence-electron chi connectivity index (χ2n) is 10.8. The number of benzene rings is 2. The molecule has 0 bridgehead atoms. The SMILES string of the molecule is CC(C)(O[Si](C)(C)C)c1ccc(-c2cc3c(cc2F)nc2n3[C@@H](c3ccccc3OC(F)F)CC2)cn1. The first-order chi connectivity index (χ1) is 17.4. The molecule has 4 aromatic rings. The Morgan fingerprint density at radius 1 is 1.08 bits per heavy atom. The van der Waals surface area contributed by atoms with Crippen molar-refractivity contribution < 1.29 is 22.3 Å². The Balaban J connectivity index is 1.54. The Bertz CT molecular complexity index is 1450. The highest BCUT2D eigenvalue weighted by molar-refractivity contribution is 6.69. The molecular formula is C28H30F3N3O2Si. The molecule has 9 heteroatoms. The van der Waals surface area contributed by atoms with E-state index in [9.17, 15) is 8.78 Å². The molecule has 2 aromatic carbocycles. The minimum absolute atomic E-state index is 0.141. The molecule has 0 spiro atoms. The van der Waals surface area contributed by atoms with Gasteiger partial charge in [0.2, 0.25) is 0 Å². The van der Waals surface area contributed by atoms with Crippen LogP contribution in [0.3, 0.4) is 0 Å². The maximum absolute atomic E-state index is 15.3. The summed E-state index contributed by atoms with van der Waals surface area (Å²) < 4.78 is 54.5. The van der Waals surface area contributed by atoms with E-state index < -0.39 is 26.3 Å². The number of halogens is 3. The third-order valence-electron chi connectivity index (χ3n) is 6.55. The first-order valence-electron chi connectivity index (χ1n) is 12.3. The summed E-state index contributed by atoms with van der Waals surface area (Å²) >= 11 is 0. The Morgan fingerprint density at radius 3 is 2.51 bits per heavy atom. The first-order valence-corrected chi connectivity index (χ1v) is 15.7. The largest absolute Gasteiger partial charge is 0.434 e. The lowest BCUT2D eigenvalue weighted by molar-refractivity contribution is -0.0506. The van der Waals surface area contributed by atoms with Crippen molar-refractivity contribution in [2.45, 2.75) is 64.6 Å². The average Bonchev–Trinajstić information content (AvgIpc) is 3.36. The number of alkyl halides is 2. The van der Waals surface area contributed by atoms with Crippen molar-refractivity contribution in [1.82, 2.24) is 14.5 Å². The van der Waals surface area contributed by atoms with Crippen LogP contribution in [0, 0.1) is 5.82 Å². The zero-order valence-corrected chi connectivity index (χ0v) is 22.6. The van der Waals surface area contributed by atoms with Crippen molar-refractivity contribution >= 4 is 19.4 Å². The van der Waals surface area contributed by atoms with Gasteiger partial charge in [0.25, 0.3) is 0 Å². The van der Waals surface area contributed by atoms with Gasteiger partial charge >= 0.3 is 6.61 Å². The van der Waals surface area contributed by atoms with E-state index in [0.717, 1.165) is 17.0 Å². The van der Waals surface area contributed by atoms with Crippen LogP contribution < -0.4 is 4.74 Å². The molecule has 0 saturated heterocycles. The summed E-state index contributed by atoms with van der Waals surface area (Å²) in [6.45, 7) is 7.45. The number of ether oxygens (including phenoxy) is 1. The van der Waals surface area contributed by atoms with Crippen LogP contribution in [0.25, 0.3) is 22.2 Å². The second kappa shape index (κ2) is 9.29. The van der Waals surface area contributed by atoms with Crippen molar-refractivity contribution in [3.8, 4) is 16.9 Å². The highest BCUT2D eigenvalue weighted by Gasteiger charge is 2.32. The predicted molar refractivity (Wildman–Crippen MR) is 140 cm³/mol. The third-order valence-corrected chi connectivity index (χ3v) is 7.67. The molecule has 1 aliphatic heterocycles. The normalized spacial score (nSPS) is 16.0.